The van der Waals surface area contributed by atoms with Gasteiger partial charge in [0.15, 0.2) is 11.6 Å². The summed E-state index contributed by atoms with van der Waals surface area (Å²) in [5.41, 5.74) is -0.490. The number of amides is 1. The number of hydrogen-bond acceptors (Lipinski definition) is 13. The van der Waals surface area contributed by atoms with Gasteiger partial charge in [-0.25, -0.2) is 9.78 Å². The zero-order valence-corrected chi connectivity index (χ0v) is 41.5. The van der Waals surface area contributed by atoms with E-state index in [0.29, 0.717) is 70.6 Å². The van der Waals surface area contributed by atoms with E-state index in [9.17, 15) is 29.7 Å². The van der Waals surface area contributed by atoms with Crippen molar-refractivity contribution in [3.8, 4) is 0 Å². The van der Waals surface area contributed by atoms with Gasteiger partial charge >= 0.3 is 12.1 Å². The number of aryl methyl sites for hydroxylation is 1. The standard InChI is InChI=1S/C50H78N2O12S/c1-12-34(43(55)56)36-16-15-29(5)48(61-36)26-45(48,10)42(54)31(7)40(53)35(13-2)41-28(4)25-30(6)49(62-41)21-17-38(52-44(57)59-24-19-37-32(8)51-27-65-37)50(64-49)23-22-46(11,63-50)39-18-20-47(58,14-3)33(9)60-39/h17,21,27-31,33-36,38-39,41-42,54,58H,12-16,18-20,22-26H2,1-11H3,(H,52,57)(H,55,56)/t28-,29-,30+,31+,33-,34+,35-,36+,38+,39+,41-,42+,45?,46-,47+,48+,49-,50-/m0/s1. The van der Waals surface area contributed by atoms with Crippen LogP contribution in [-0.4, -0.2) is 110 Å². The molecular weight excluding hydrogens is 853 g/mol. The Morgan fingerprint density at radius 3 is 2.34 bits per heavy atom. The van der Waals surface area contributed by atoms with Crippen molar-refractivity contribution >= 4 is 29.2 Å². The number of alkyl carbamates (subject to hydrolysis) is 1. The first kappa shape index (κ1) is 50.4. The molecule has 5 fully saturated rings. The predicted molar refractivity (Wildman–Crippen MR) is 244 cm³/mol. The van der Waals surface area contributed by atoms with Crippen molar-refractivity contribution in [1.82, 2.24) is 10.3 Å². The Bertz CT molecular complexity index is 1930. The summed E-state index contributed by atoms with van der Waals surface area (Å²) >= 11 is 1.53. The van der Waals surface area contributed by atoms with Crippen LogP contribution < -0.4 is 5.32 Å². The summed E-state index contributed by atoms with van der Waals surface area (Å²) in [7, 11) is 0. The van der Waals surface area contributed by atoms with E-state index in [-0.39, 0.29) is 36.2 Å². The van der Waals surface area contributed by atoms with Gasteiger partial charge in [0.05, 0.1) is 71.1 Å². The SMILES string of the molecule is CC[C@@H](C(=O)[C@@H](C)[C@@H](O)C1(C)C[C@]12O[C@@H]([C@@H](CC)C(=O)O)CC[C@@H]2C)[C@H]1O[C@]2(C=C[C@@H](NC(=O)OCCc3scnc3C)[C@]3(CC[C@@](C)([C@H]4CC[C@](O)(CC)[C@H](C)O4)O3)O2)[C@H](C)C[C@@H]1C. The number of thiazole rings is 1. The van der Waals surface area contributed by atoms with Crippen molar-refractivity contribution in [1.29, 1.82) is 0 Å². The number of aliphatic carboxylic acids is 1. The molecule has 1 aromatic heterocycles. The van der Waals surface area contributed by atoms with Crippen molar-refractivity contribution in [2.45, 2.75) is 218 Å². The lowest BCUT2D eigenvalue weighted by Gasteiger charge is -2.55. The Hall–Kier alpha value is -2.50. The van der Waals surface area contributed by atoms with Crippen LogP contribution >= 0.6 is 11.3 Å². The second-order valence-corrected chi connectivity index (χ2v) is 22.3. The van der Waals surface area contributed by atoms with Gasteiger partial charge in [0.2, 0.25) is 0 Å². The summed E-state index contributed by atoms with van der Waals surface area (Å²) in [6, 6.07) is -0.757. The van der Waals surface area contributed by atoms with Crippen molar-refractivity contribution in [3.05, 3.63) is 28.2 Å². The maximum Gasteiger partial charge on any atom is 0.407 e. The average molecular weight is 931 g/mol. The van der Waals surface area contributed by atoms with E-state index in [1.165, 1.54) is 11.3 Å². The van der Waals surface area contributed by atoms with Crippen molar-refractivity contribution in [3.63, 3.8) is 0 Å². The highest BCUT2D eigenvalue weighted by atomic mass is 32.1. The lowest BCUT2D eigenvalue weighted by atomic mass is 9.72. The number of rotatable bonds is 15. The van der Waals surface area contributed by atoms with E-state index in [1.54, 1.807) is 12.4 Å². The number of aliphatic hydroxyl groups excluding tert-OH is 1. The van der Waals surface area contributed by atoms with E-state index < -0.39 is 94.1 Å². The number of ether oxygens (including phenoxy) is 6. The summed E-state index contributed by atoms with van der Waals surface area (Å²) in [5, 5.41) is 36.5. The minimum Gasteiger partial charge on any atom is -0.481 e. The molecular formula is C50H78N2O12S. The van der Waals surface area contributed by atoms with Gasteiger partial charge in [-0.1, -0.05) is 61.5 Å². The number of aliphatic hydroxyl groups is 2. The highest BCUT2D eigenvalue weighted by Crippen LogP contribution is 2.68. The molecule has 0 radical (unpaired) electrons. The van der Waals surface area contributed by atoms with Gasteiger partial charge in [0.1, 0.15) is 11.8 Å². The zero-order chi connectivity index (χ0) is 47.5. The number of Topliss-reactive ketones (excluding diaryl/α,β-unsaturated/α-hetero) is 1. The Kier molecular flexibility index (Phi) is 14.6. The van der Waals surface area contributed by atoms with Gasteiger partial charge in [-0.2, -0.15) is 0 Å². The number of carboxylic acids is 1. The molecule has 3 spiro atoms. The zero-order valence-electron chi connectivity index (χ0n) is 40.7. The maximum absolute atomic E-state index is 14.9. The Balaban J connectivity index is 1.12. The maximum atomic E-state index is 14.9. The highest BCUT2D eigenvalue weighted by molar-refractivity contribution is 7.09. The number of carboxylic acid groups (broad SMARTS) is 1. The Morgan fingerprint density at radius 1 is 0.985 bits per heavy atom. The van der Waals surface area contributed by atoms with Crippen LogP contribution in [0.4, 0.5) is 4.79 Å². The number of ketones is 1. The highest BCUT2D eigenvalue weighted by Gasteiger charge is 2.74. The molecule has 4 saturated heterocycles. The predicted octanol–water partition coefficient (Wildman–Crippen LogP) is 8.07. The number of carbonyl (C=O) groups is 3. The first-order chi connectivity index (χ1) is 30.6. The molecule has 1 unspecified atom stereocenters. The fourth-order valence-corrected chi connectivity index (χ4v) is 13.5. The molecule has 6 aliphatic rings. The summed E-state index contributed by atoms with van der Waals surface area (Å²) < 4.78 is 40.6. The third kappa shape index (κ3) is 9.00. The van der Waals surface area contributed by atoms with Gasteiger partial charge in [0, 0.05) is 40.9 Å². The van der Waals surface area contributed by atoms with E-state index in [4.69, 9.17) is 28.4 Å². The van der Waals surface area contributed by atoms with Crippen LogP contribution in [0.5, 0.6) is 0 Å². The molecule has 65 heavy (non-hydrogen) atoms. The summed E-state index contributed by atoms with van der Waals surface area (Å²) in [4.78, 5) is 45.9. The second kappa shape index (κ2) is 18.8. The van der Waals surface area contributed by atoms with Gasteiger partial charge in [-0.05, 0) is 103 Å². The molecule has 14 nitrogen and oxygen atoms in total. The molecule has 1 aliphatic carbocycles. The number of hydrogen-bond donors (Lipinski definition) is 4. The summed E-state index contributed by atoms with van der Waals surface area (Å²) in [6.07, 6.45) is 7.20. The van der Waals surface area contributed by atoms with Crippen LogP contribution in [0.3, 0.4) is 0 Å². The largest absolute Gasteiger partial charge is 0.481 e. The van der Waals surface area contributed by atoms with Crippen LogP contribution in [0.25, 0.3) is 0 Å². The summed E-state index contributed by atoms with van der Waals surface area (Å²) in [6.45, 7) is 21.9. The molecule has 0 aromatic carbocycles. The van der Waals surface area contributed by atoms with E-state index in [0.717, 1.165) is 17.0 Å². The lowest BCUT2D eigenvalue weighted by molar-refractivity contribution is -0.398. The third-order valence-corrected chi connectivity index (χ3v) is 18.4. The number of carbonyl (C=O) groups excluding carboxylic acids is 2. The topological polar surface area (TPSA) is 192 Å². The number of aromatic nitrogens is 1. The van der Waals surface area contributed by atoms with Crippen LogP contribution in [0, 0.1) is 47.8 Å². The van der Waals surface area contributed by atoms with E-state index in [2.05, 4.69) is 31.1 Å². The molecule has 5 aliphatic heterocycles. The molecule has 366 valence electrons. The molecule has 1 amide bonds. The van der Waals surface area contributed by atoms with Crippen molar-refractivity contribution < 1.29 is 58.1 Å². The van der Waals surface area contributed by atoms with Crippen molar-refractivity contribution in [2.24, 2.45) is 40.9 Å². The van der Waals surface area contributed by atoms with Gasteiger partial charge in [-0.15, -0.1) is 11.3 Å². The Morgan fingerprint density at radius 2 is 1.71 bits per heavy atom. The summed E-state index contributed by atoms with van der Waals surface area (Å²) in [5.74, 6) is -5.73. The molecule has 1 aromatic rings. The lowest BCUT2D eigenvalue weighted by Crippen LogP contribution is -2.65. The molecule has 4 N–H and O–H groups in total. The smallest absolute Gasteiger partial charge is 0.407 e. The number of nitrogens with one attached hydrogen (secondary N) is 1. The third-order valence-electron chi connectivity index (χ3n) is 17.4. The van der Waals surface area contributed by atoms with E-state index in [1.807, 2.05) is 60.6 Å². The molecule has 1 saturated carbocycles. The number of nitrogens with zero attached hydrogens (tertiary/aromatic N) is 1. The van der Waals surface area contributed by atoms with Crippen LogP contribution in [-0.2, 0) is 44.4 Å². The normalized spacial score (nSPS) is 43.3. The minimum atomic E-state index is -1.39. The van der Waals surface area contributed by atoms with Gasteiger partial charge < -0.3 is 49.1 Å². The van der Waals surface area contributed by atoms with Gasteiger partial charge in [0.25, 0.3) is 0 Å². The van der Waals surface area contributed by atoms with Gasteiger partial charge in [-0.3, -0.25) is 9.59 Å². The quantitative estimate of drug-likeness (QED) is 0.124. The monoisotopic (exact) mass is 931 g/mol. The second-order valence-electron chi connectivity index (χ2n) is 21.4. The first-order valence-corrected chi connectivity index (χ1v) is 25.5. The van der Waals surface area contributed by atoms with E-state index >= 15 is 0 Å². The van der Waals surface area contributed by atoms with Crippen molar-refractivity contribution in [2.75, 3.05) is 6.61 Å². The fraction of sp³-hybridized carbons (Fsp3) is 0.840. The fourth-order valence-electron chi connectivity index (χ4n) is 12.7. The minimum absolute atomic E-state index is 0.0358. The van der Waals surface area contributed by atoms with Crippen LogP contribution in [0.1, 0.15) is 150 Å². The first-order valence-electron chi connectivity index (χ1n) is 24.7. The molecule has 18 atom stereocenters. The van der Waals surface area contributed by atoms with Crippen LogP contribution in [0.2, 0.25) is 0 Å². The molecule has 15 heteroatoms. The Labute approximate surface area is 390 Å². The molecule has 6 heterocycles. The molecule has 0 bridgehead atoms. The average Bonchev–Trinajstić information content (AvgIpc) is 3.45. The van der Waals surface area contributed by atoms with Crippen LogP contribution in [0.15, 0.2) is 17.7 Å². The molecule has 7 rings (SSSR count).